The summed E-state index contributed by atoms with van der Waals surface area (Å²) in [6.07, 6.45) is 3.69. The quantitative estimate of drug-likeness (QED) is 0.835. The lowest BCUT2D eigenvalue weighted by atomic mass is 10.1. The van der Waals surface area contributed by atoms with Crippen LogP contribution in [-0.2, 0) is 4.79 Å². The Hall–Kier alpha value is -1.81. The van der Waals surface area contributed by atoms with E-state index in [0.29, 0.717) is 17.0 Å². The summed E-state index contributed by atoms with van der Waals surface area (Å²) in [6, 6.07) is 4.94. The Morgan fingerprint density at radius 1 is 1.37 bits per heavy atom. The van der Waals surface area contributed by atoms with Gasteiger partial charge < -0.3 is 10.4 Å². The van der Waals surface area contributed by atoms with Crippen molar-refractivity contribution < 1.29 is 14.7 Å². The molecule has 2 atom stereocenters. The number of rotatable bonds is 3. The van der Waals surface area contributed by atoms with Gasteiger partial charge in [-0.1, -0.05) is 29.8 Å². The highest BCUT2D eigenvalue weighted by Gasteiger charge is 2.25. The Morgan fingerprint density at radius 3 is 2.68 bits per heavy atom. The number of benzene rings is 1. The van der Waals surface area contributed by atoms with Crippen LogP contribution in [0, 0.1) is 12.8 Å². The molecule has 1 aliphatic rings. The van der Waals surface area contributed by atoms with Crippen molar-refractivity contribution in [2.45, 2.75) is 19.4 Å². The number of aryl methyl sites for hydroxylation is 1. The molecule has 0 aliphatic heterocycles. The van der Waals surface area contributed by atoms with Crippen LogP contribution in [0.4, 0.5) is 0 Å². The van der Waals surface area contributed by atoms with Crippen LogP contribution in [0.5, 0.6) is 0 Å². The Bertz CT molecular complexity index is 554. The average Bonchev–Trinajstić information content (AvgIpc) is 2.77. The standard InChI is InChI=1S/C14H14ClNO3/c1-8-2-5-11(12(15)6-8)13(17)16-10-4-3-9(7-10)14(18)19/h2-6,9-10H,7H2,1H3,(H,16,17)(H,18,19). The fraction of sp³-hybridized carbons (Fsp3) is 0.286. The highest BCUT2D eigenvalue weighted by molar-refractivity contribution is 6.33. The lowest BCUT2D eigenvalue weighted by Gasteiger charge is -2.13. The Morgan fingerprint density at radius 2 is 2.11 bits per heavy atom. The third-order valence-electron chi connectivity index (χ3n) is 3.09. The molecule has 100 valence electrons. The predicted octanol–water partition coefficient (Wildman–Crippen LogP) is 2.41. The maximum atomic E-state index is 12.0. The van der Waals surface area contributed by atoms with Crippen molar-refractivity contribution >= 4 is 23.5 Å². The van der Waals surface area contributed by atoms with Gasteiger partial charge in [0, 0.05) is 6.04 Å². The molecule has 0 saturated carbocycles. The normalized spacial score (nSPS) is 21.4. The lowest BCUT2D eigenvalue weighted by molar-refractivity contribution is -0.140. The maximum Gasteiger partial charge on any atom is 0.310 e. The summed E-state index contributed by atoms with van der Waals surface area (Å²) in [5.41, 5.74) is 1.38. The molecule has 2 unspecified atom stereocenters. The molecule has 4 nitrogen and oxygen atoms in total. The highest BCUT2D eigenvalue weighted by Crippen LogP contribution is 2.21. The first kappa shape index (κ1) is 13.6. The summed E-state index contributed by atoms with van der Waals surface area (Å²) in [5, 5.41) is 12.0. The zero-order valence-electron chi connectivity index (χ0n) is 10.4. The Balaban J connectivity index is 2.03. The highest BCUT2D eigenvalue weighted by atomic mass is 35.5. The van der Waals surface area contributed by atoms with Gasteiger partial charge in [0.05, 0.1) is 16.5 Å². The molecule has 0 saturated heterocycles. The van der Waals surface area contributed by atoms with Gasteiger partial charge in [0.15, 0.2) is 0 Å². The molecule has 1 amide bonds. The number of hydrogen-bond acceptors (Lipinski definition) is 2. The van der Waals surface area contributed by atoms with Crippen LogP contribution in [0.2, 0.25) is 5.02 Å². The van der Waals surface area contributed by atoms with E-state index >= 15 is 0 Å². The van der Waals surface area contributed by atoms with E-state index in [1.807, 2.05) is 13.0 Å². The lowest BCUT2D eigenvalue weighted by Crippen LogP contribution is -2.33. The summed E-state index contributed by atoms with van der Waals surface area (Å²) in [7, 11) is 0. The first-order chi connectivity index (χ1) is 8.97. The minimum Gasteiger partial charge on any atom is -0.481 e. The smallest absolute Gasteiger partial charge is 0.310 e. The van der Waals surface area contributed by atoms with E-state index in [4.69, 9.17) is 16.7 Å². The van der Waals surface area contributed by atoms with Crippen molar-refractivity contribution in [2.75, 3.05) is 0 Å². The molecular formula is C14H14ClNO3. The van der Waals surface area contributed by atoms with E-state index in [0.717, 1.165) is 5.56 Å². The van der Waals surface area contributed by atoms with Gasteiger partial charge in [-0.15, -0.1) is 0 Å². The summed E-state index contributed by atoms with van der Waals surface area (Å²) in [5.74, 6) is -1.69. The van der Waals surface area contributed by atoms with E-state index < -0.39 is 11.9 Å². The van der Waals surface area contributed by atoms with Gasteiger partial charge in [-0.3, -0.25) is 9.59 Å². The Labute approximate surface area is 116 Å². The number of carbonyl (C=O) groups excluding carboxylic acids is 1. The molecule has 2 N–H and O–H groups in total. The van der Waals surface area contributed by atoms with Gasteiger partial charge in [0.1, 0.15) is 0 Å². The number of carbonyl (C=O) groups is 2. The summed E-state index contributed by atoms with van der Waals surface area (Å²) < 4.78 is 0. The third kappa shape index (κ3) is 3.15. The van der Waals surface area contributed by atoms with Crippen molar-refractivity contribution in [1.82, 2.24) is 5.32 Å². The second kappa shape index (κ2) is 5.45. The molecular weight excluding hydrogens is 266 g/mol. The molecule has 1 aliphatic carbocycles. The molecule has 0 bridgehead atoms. The second-order valence-electron chi connectivity index (χ2n) is 4.63. The maximum absolute atomic E-state index is 12.0. The summed E-state index contributed by atoms with van der Waals surface area (Å²) >= 11 is 6.02. The molecule has 19 heavy (non-hydrogen) atoms. The molecule has 0 aromatic heterocycles. The molecule has 0 heterocycles. The van der Waals surface area contributed by atoms with Gasteiger partial charge in [0.2, 0.25) is 0 Å². The van der Waals surface area contributed by atoms with Gasteiger partial charge in [0.25, 0.3) is 5.91 Å². The van der Waals surface area contributed by atoms with Gasteiger partial charge in [-0.25, -0.2) is 0 Å². The van der Waals surface area contributed by atoms with Crippen LogP contribution in [0.3, 0.4) is 0 Å². The van der Waals surface area contributed by atoms with Crippen LogP contribution < -0.4 is 5.32 Å². The van der Waals surface area contributed by atoms with E-state index in [1.54, 1.807) is 24.3 Å². The monoisotopic (exact) mass is 279 g/mol. The van der Waals surface area contributed by atoms with Crippen molar-refractivity contribution in [3.63, 3.8) is 0 Å². The number of nitrogens with one attached hydrogen (secondary N) is 1. The number of amides is 1. The van der Waals surface area contributed by atoms with E-state index in [1.165, 1.54) is 0 Å². The minimum absolute atomic E-state index is 0.258. The number of carboxylic acid groups (broad SMARTS) is 1. The minimum atomic E-state index is -0.874. The molecule has 0 radical (unpaired) electrons. The predicted molar refractivity (Wildman–Crippen MR) is 72.3 cm³/mol. The largest absolute Gasteiger partial charge is 0.481 e. The fourth-order valence-corrected chi connectivity index (χ4v) is 2.36. The van der Waals surface area contributed by atoms with E-state index in [2.05, 4.69) is 5.32 Å². The second-order valence-corrected chi connectivity index (χ2v) is 5.04. The SMILES string of the molecule is Cc1ccc(C(=O)NC2C=CC(C(=O)O)C2)c(Cl)c1. The van der Waals surface area contributed by atoms with Crippen LogP contribution in [0.25, 0.3) is 0 Å². The van der Waals surface area contributed by atoms with Crippen LogP contribution in [-0.4, -0.2) is 23.0 Å². The van der Waals surface area contributed by atoms with Gasteiger partial charge in [-0.2, -0.15) is 0 Å². The van der Waals surface area contributed by atoms with Crippen LogP contribution >= 0.6 is 11.6 Å². The van der Waals surface area contributed by atoms with Gasteiger partial charge >= 0.3 is 5.97 Å². The van der Waals surface area contributed by atoms with Crippen molar-refractivity contribution in [3.05, 3.63) is 46.5 Å². The van der Waals surface area contributed by atoms with Crippen LogP contribution in [0.15, 0.2) is 30.4 Å². The van der Waals surface area contributed by atoms with Crippen molar-refractivity contribution in [2.24, 2.45) is 5.92 Å². The summed E-state index contributed by atoms with van der Waals surface area (Å²) in [6.45, 7) is 1.89. The molecule has 5 heteroatoms. The van der Waals surface area contributed by atoms with E-state index in [-0.39, 0.29) is 11.9 Å². The topological polar surface area (TPSA) is 66.4 Å². The van der Waals surface area contributed by atoms with E-state index in [9.17, 15) is 9.59 Å². The zero-order valence-corrected chi connectivity index (χ0v) is 11.1. The molecule has 1 aromatic carbocycles. The molecule has 0 spiro atoms. The molecule has 1 aromatic rings. The van der Waals surface area contributed by atoms with Crippen LogP contribution in [0.1, 0.15) is 22.3 Å². The zero-order chi connectivity index (χ0) is 14.0. The number of carboxylic acids is 1. The number of hydrogen-bond donors (Lipinski definition) is 2. The fourth-order valence-electron chi connectivity index (χ4n) is 2.04. The van der Waals surface area contributed by atoms with Gasteiger partial charge in [-0.05, 0) is 31.0 Å². The average molecular weight is 280 g/mol. The Kier molecular flexibility index (Phi) is 3.90. The first-order valence-electron chi connectivity index (χ1n) is 5.95. The van der Waals surface area contributed by atoms with Crippen molar-refractivity contribution in [3.8, 4) is 0 Å². The number of aliphatic carboxylic acids is 1. The third-order valence-corrected chi connectivity index (χ3v) is 3.40. The molecule has 2 rings (SSSR count). The number of halogens is 1. The first-order valence-corrected chi connectivity index (χ1v) is 6.33. The molecule has 0 fully saturated rings. The van der Waals surface area contributed by atoms with Crippen molar-refractivity contribution in [1.29, 1.82) is 0 Å². The summed E-state index contributed by atoms with van der Waals surface area (Å²) in [4.78, 5) is 22.8.